The second-order valence-electron chi connectivity index (χ2n) is 4.92. The molecular weight excluding hydrogens is 383 g/mol. The quantitative estimate of drug-likeness (QED) is 0.834. The molecule has 0 bridgehead atoms. The van der Waals surface area contributed by atoms with Gasteiger partial charge in [-0.1, -0.05) is 29.3 Å². The highest BCUT2D eigenvalue weighted by molar-refractivity contribution is 7.90. The van der Waals surface area contributed by atoms with E-state index in [1.807, 2.05) is 5.32 Å². The maximum absolute atomic E-state index is 12.5. The first-order valence-electron chi connectivity index (χ1n) is 6.62. The average molecular weight is 394 g/mol. The minimum Gasteiger partial charge on any atom is -0.290 e. The van der Waals surface area contributed by atoms with Crippen LogP contribution < -0.4 is 10.0 Å². The molecule has 1 aromatic carbocycles. The normalized spacial score (nSPS) is 11.9. The lowest BCUT2D eigenvalue weighted by Crippen LogP contribution is -2.34. The van der Waals surface area contributed by atoms with Crippen molar-refractivity contribution in [3.63, 3.8) is 0 Å². The third kappa shape index (κ3) is 4.83. The number of hydrogen-bond acceptors (Lipinski definition) is 4. The minimum absolute atomic E-state index is 0.153. The summed E-state index contributed by atoms with van der Waals surface area (Å²) in [5.41, 5.74) is -0.278. The topological polar surface area (TPSA) is 88.2 Å². The fourth-order valence-corrected chi connectivity index (χ4v) is 2.84. The maximum atomic E-state index is 12.5. The van der Waals surface area contributed by atoms with E-state index in [-0.39, 0.29) is 4.90 Å². The van der Waals surface area contributed by atoms with Crippen LogP contribution in [-0.2, 0) is 16.2 Å². The summed E-state index contributed by atoms with van der Waals surface area (Å²) < 4.78 is 63.4. The van der Waals surface area contributed by atoms with Crippen LogP contribution in [0.5, 0.6) is 0 Å². The molecule has 1 heterocycles. The molecule has 0 atom stereocenters. The molecule has 0 spiro atoms. The summed E-state index contributed by atoms with van der Waals surface area (Å²) >= 11 is 5.63. The lowest BCUT2D eigenvalue weighted by Gasteiger charge is -2.11. The zero-order valence-corrected chi connectivity index (χ0v) is 14.1. The van der Waals surface area contributed by atoms with E-state index in [1.165, 1.54) is 12.1 Å². The number of benzene rings is 1. The van der Waals surface area contributed by atoms with Gasteiger partial charge in [-0.05, 0) is 25.1 Å². The van der Waals surface area contributed by atoms with Crippen LogP contribution in [0.15, 0.2) is 41.4 Å². The van der Waals surface area contributed by atoms with Crippen LogP contribution in [0.4, 0.5) is 23.8 Å². The summed E-state index contributed by atoms with van der Waals surface area (Å²) in [5, 5.41) is 1.50. The SMILES string of the molecule is Cc1ccc(S(=O)(=O)NC(=O)Nc2ncc(C(F)(F)F)cc2Cl)cc1. The number of hydrogen-bond donors (Lipinski definition) is 2. The van der Waals surface area contributed by atoms with Crippen molar-refractivity contribution in [2.45, 2.75) is 18.0 Å². The molecule has 25 heavy (non-hydrogen) atoms. The predicted octanol–water partition coefficient (Wildman–Crippen LogP) is 3.57. The highest BCUT2D eigenvalue weighted by atomic mass is 35.5. The molecule has 2 aromatic rings. The number of halogens is 4. The van der Waals surface area contributed by atoms with Gasteiger partial charge in [-0.2, -0.15) is 13.2 Å². The number of aromatic nitrogens is 1. The molecule has 11 heteroatoms. The zero-order chi connectivity index (χ0) is 18.8. The van der Waals surface area contributed by atoms with E-state index >= 15 is 0 Å². The van der Waals surface area contributed by atoms with E-state index in [2.05, 4.69) is 4.98 Å². The second-order valence-corrected chi connectivity index (χ2v) is 7.01. The smallest absolute Gasteiger partial charge is 0.290 e. The summed E-state index contributed by atoms with van der Waals surface area (Å²) in [7, 11) is -4.15. The van der Waals surface area contributed by atoms with E-state index in [1.54, 1.807) is 23.8 Å². The van der Waals surface area contributed by atoms with Crippen LogP contribution in [-0.4, -0.2) is 19.4 Å². The molecule has 1 aromatic heterocycles. The van der Waals surface area contributed by atoms with Gasteiger partial charge < -0.3 is 0 Å². The van der Waals surface area contributed by atoms with Crippen LogP contribution in [0.25, 0.3) is 0 Å². The molecule has 0 unspecified atom stereocenters. The van der Waals surface area contributed by atoms with Gasteiger partial charge in [0.1, 0.15) is 0 Å². The van der Waals surface area contributed by atoms with Crippen molar-refractivity contribution in [1.82, 2.24) is 9.71 Å². The van der Waals surface area contributed by atoms with Gasteiger partial charge in [0.25, 0.3) is 10.0 Å². The number of aryl methyl sites for hydroxylation is 1. The van der Waals surface area contributed by atoms with E-state index in [4.69, 9.17) is 11.6 Å². The number of sulfonamides is 1. The van der Waals surface area contributed by atoms with Crippen molar-refractivity contribution in [3.8, 4) is 0 Å². The fourth-order valence-electron chi connectivity index (χ4n) is 1.72. The summed E-state index contributed by atoms with van der Waals surface area (Å²) in [6, 6.07) is 5.04. The van der Waals surface area contributed by atoms with Crippen LogP contribution in [0, 0.1) is 6.92 Å². The molecule has 0 aliphatic carbocycles. The third-order valence-electron chi connectivity index (χ3n) is 2.96. The average Bonchev–Trinajstić information content (AvgIpc) is 2.48. The standard InChI is InChI=1S/C14H11ClF3N3O3S/c1-8-2-4-10(5-3-8)25(23,24)21-13(22)20-12-11(15)6-9(7-19-12)14(16,17)18/h2-7H,1H3,(H2,19,20,21,22). The maximum Gasteiger partial charge on any atom is 0.417 e. The molecule has 2 N–H and O–H groups in total. The van der Waals surface area contributed by atoms with Gasteiger partial charge in [0, 0.05) is 6.20 Å². The first-order chi connectivity index (χ1) is 11.5. The van der Waals surface area contributed by atoms with Crippen molar-refractivity contribution in [2.75, 3.05) is 5.32 Å². The number of alkyl halides is 3. The van der Waals surface area contributed by atoms with Crippen molar-refractivity contribution < 1.29 is 26.4 Å². The number of nitrogens with one attached hydrogen (secondary N) is 2. The van der Waals surface area contributed by atoms with Gasteiger partial charge in [-0.15, -0.1) is 0 Å². The van der Waals surface area contributed by atoms with Crippen LogP contribution in [0.2, 0.25) is 5.02 Å². The predicted molar refractivity (Wildman–Crippen MR) is 84.8 cm³/mol. The summed E-state index contributed by atoms with van der Waals surface area (Å²) in [5.74, 6) is -0.411. The van der Waals surface area contributed by atoms with E-state index in [0.717, 1.165) is 5.56 Å². The first kappa shape index (κ1) is 19.0. The number of carbonyl (C=O) groups excluding carboxylic acids is 1. The highest BCUT2D eigenvalue weighted by Gasteiger charge is 2.31. The van der Waals surface area contributed by atoms with E-state index < -0.39 is 38.6 Å². The minimum atomic E-state index is -4.65. The molecule has 2 amide bonds. The summed E-state index contributed by atoms with van der Waals surface area (Å²) in [6.07, 6.45) is -4.18. The molecule has 0 aliphatic heterocycles. The van der Waals surface area contributed by atoms with Crippen LogP contribution in [0.3, 0.4) is 0 Å². The summed E-state index contributed by atoms with van der Waals surface area (Å²) in [4.78, 5) is 15.0. The molecule has 0 radical (unpaired) electrons. The number of urea groups is 1. The number of amides is 2. The van der Waals surface area contributed by atoms with E-state index in [9.17, 15) is 26.4 Å². The van der Waals surface area contributed by atoms with Gasteiger partial charge >= 0.3 is 12.2 Å². The Bertz CT molecular complexity index is 900. The van der Waals surface area contributed by atoms with Crippen molar-refractivity contribution in [1.29, 1.82) is 0 Å². The van der Waals surface area contributed by atoms with Gasteiger partial charge in [0.2, 0.25) is 0 Å². The molecular formula is C14H11ClF3N3O3S. The monoisotopic (exact) mass is 393 g/mol. The van der Waals surface area contributed by atoms with Crippen molar-refractivity contribution in [3.05, 3.63) is 52.7 Å². The Balaban J connectivity index is 2.13. The molecule has 0 saturated carbocycles. The van der Waals surface area contributed by atoms with Gasteiger partial charge in [0.15, 0.2) is 5.82 Å². The second kappa shape index (κ2) is 6.89. The number of anilines is 1. The molecule has 6 nitrogen and oxygen atoms in total. The third-order valence-corrected chi connectivity index (χ3v) is 4.59. The Morgan fingerprint density at radius 1 is 1.20 bits per heavy atom. The number of carbonyl (C=O) groups is 1. The number of pyridine rings is 1. The van der Waals surface area contributed by atoms with Gasteiger partial charge in [0.05, 0.1) is 15.5 Å². The van der Waals surface area contributed by atoms with E-state index in [0.29, 0.717) is 12.3 Å². The van der Waals surface area contributed by atoms with Gasteiger partial charge in [-0.3, -0.25) is 5.32 Å². The Labute approximate surface area is 146 Å². The highest BCUT2D eigenvalue weighted by Crippen LogP contribution is 2.32. The molecule has 0 fully saturated rings. The molecule has 0 aliphatic rings. The Morgan fingerprint density at radius 2 is 1.80 bits per heavy atom. The molecule has 2 rings (SSSR count). The van der Waals surface area contributed by atoms with Crippen LogP contribution >= 0.6 is 11.6 Å². The Kier molecular flexibility index (Phi) is 5.23. The van der Waals surface area contributed by atoms with Crippen molar-refractivity contribution in [2.24, 2.45) is 0 Å². The lowest BCUT2D eigenvalue weighted by atomic mass is 10.2. The van der Waals surface area contributed by atoms with Crippen LogP contribution in [0.1, 0.15) is 11.1 Å². The van der Waals surface area contributed by atoms with Crippen molar-refractivity contribution >= 4 is 33.5 Å². The summed E-state index contributed by atoms with van der Waals surface area (Å²) in [6.45, 7) is 1.76. The first-order valence-corrected chi connectivity index (χ1v) is 8.48. The molecule has 134 valence electrons. The fraction of sp³-hybridized carbons (Fsp3) is 0.143. The number of nitrogens with zero attached hydrogens (tertiary/aromatic N) is 1. The Hall–Kier alpha value is -2.33. The lowest BCUT2D eigenvalue weighted by molar-refractivity contribution is -0.137. The molecule has 0 saturated heterocycles. The zero-order valence-electron chi connectivity index (χ0n) is 12.6. The number of rotatable bonds is 3. The largest absolute Gasteiger partial charge is 0.417 e. The Morgan fingerprint density at radius 3 is 2.32 bits per heavy atom. The van der Waals surface area contributed by atoms with Gasteiger partial charge in [-0.25, -0.2) is 22.9 Å².